The zero-order valence-corrected chi connectivity index (χ0v) is 18.2. The lowest BCUT2D eigenvalue weighted by atomic mass is 9.70. The third kappa shape index (κ3) is 3.14. The van der Waals surface area contributed by atoms with Crippen molar-refractivity contribution in [1.29, 1.82) is 0 Å². The predicted octanol–water partition coefficient (Wildman–Crippen LogP) is 5.69. The van der Waals surface area contributed by atoms with E-state index in [2.05, 4.69) is 51.1 Å². The number of hydrogen-bond acceptors (Lipinski definition) is 5. The number of para-hydroxylation sites is 1. The molecule has 5 rings (SSSR count). The standard InChI is InChI=1S/C25H24N2O2S/c1-14-8-10-15(11-9-14)20-21-17(28)12-25(2,3)13-18(21)29-23(26)22(20)24-27-16-6-4-5-7-19(16)30-24/h4-11,20H,12-13,26H2,1-3H3. The van der Waals surface area contributed by atoms with Gasteiger partial charge < -0.3 is 10.5 Å². The molecule has 1 aliphatic heterocycles. The van der Waals surface area contributed by atoms with E-state index in [4.69, 9.17) is 15.5 Å². The van der Waals surface area contributed by atoms with Gasteiger partial charge in [-0.2, -0.15) is 0 Å². The first-order valence-corrected chi connectivity index (χ1v) is 11.0. The summed E-state index contributed by atoms with van der Waals surface area (Å²) < 4.78 is 7.21. The molecule has 2 N–H and O–H groups in total. The lowest BCUT2D eigenvalue weighted by molar-refractivity contribution is -0.118. The number of aryl methyl sites for hydroxylation is 1. The Morgan fingerprint density at radius 1 is 1.07 bits per heavy atom. The number of Topliss-reactive ketones (excluding diaryl/α,β-unsaturated/α-hetero) is 1. The van der Waals surface area contributed by atoms with Gasteiger partial charge in [0.25, 0.3) is 0 Å². The van der Waals surface area contributed by atoms with E-state index in [0.717, 1.165) is 31.9 Å². The van der Waals surface area contributed by atoms with E-state index < -0.39 is 0 Å². The minimum Gasteiger partial charge on any atom is -0.445 e. The summed E-state index contributed by atoms with van der Waals surface area (Å²) >= 11 is 1.59. The molecule has 30 heavy (non-hydrogen) atoms. The molecule has 0 spiro atoms. The Hall–Kier alpha value is -2.92. The lowest BCUT2D eigenvalue weighted by Crippen LogP contribution is -2.33. The number of ether oxygens (including phenoxy) is 1. The highest BCUT2D eigenvalue weighted by Crippen LogP contribution is 2.51. The van der Waals surface area contributed by atoms with Crippen molar-refractivity contribution in [3.63, 3.8) is 0 Å². The first-order valence-electron chi connectivity index (χ1n) is 10.2. The molecule has 0 saturated heterocycles. The molecule has 1 unspecified atom stereocenters. The van der Waals surface area contributed by atoms with Gasteiger partial charge in [0, 0.05) is 24.3 Å². The molecule has 4 nitrogen and oxygen atoms in total. The molecule has 0 radical (unpaired) electrons. The number of carbonyl (C=O) groups is 1. The smallest absolute Gasteiger partial charge is 0.197 e. The summed E-state index contributed by atoms with van der Waals surface area (Å²) in [5.41, 5.74) is 11.1. The van der Waals surface area contributed by atoms with E-state index in [-0.39, 0.29) is 17.1 Å². The summed E-state index contributed by atoms with van der Waals surface area (Å²) in [4.78, 5) is 18.2. The minimum atomic E-state index is -0.265. The number of fused-ring (bicyclic) bond motifs is 1. The maximum absolute atomic E-state index is 13.3. The number of benzene rings is 2. The first-order chi connectivity index (χ1) is 14.3. The van der Waals surface area contributed by atoms with Crippen LogP contribution in [-0.4, -0.2) is 10.8 Å². The van der Waals surface area contributed by atoms with Crippen LogP contribution in [0.2, 0.25) is 0 Å². The minimum absolute atomic E-state index is 0.137. The topological polar surface area (TPSA) is 65.2 Å². The SMILES string of the molecule is Cc1ccc(C2C3=C(CC(C)(C)CC3=O)OC(N)=C2c2nc3ccccc3s2)cc1. The Bertz CT molecular complexity index is 1200. The highest BCUT2D eigenvalue weighted by atomic mass is 32.1. The number of allylic oxidation sites excluding steroid dienone is 3. The van der Waals surface area contributed by atoms with Crippen molar-refractivity contribution in [2.75, 3.05) is 0 Å². The third-order valence-electron chi connectivity index (χ3n) is 5.89. The van der Waals surface area contributed by atoms with E-state index in [0.29, 0.717) is 24.5 Å². The molecular formula is C25H24N2O2S. The first kappa shape index (κ1) is 19.1. The van der Waals surface area contributed by atoms with E-state index >= 15 is 0 Å². The molecule has 0 amide bonds. The molecule has 2 aliphatic rings. The van der Waals surface area contributed by atoms with Crippen LogP contribution in [0.4, 0.5) is 0 Å². The molecule has 2 aromatic carbocycles. The van der Waals surface area contributed by atoms with Crippen LogP contribution in [0.5, 0.6) is 0 Å². The number of nitrogens with two attached hydrogens (primary N) is 1. The zero-order valence-electron chi connectivity index (χ0n) is 17.4. The fourth-order valence-corrected chi connectivity index (χ4v) is 5.52. The number of aromatic nitrogens is 1. The van der Waals surface area contributed by atoms with Gasteiger partial charge in [0.1, 0.15) is 10.8 Å². The van der Waals surface area contributed by atoms with Gasteiger partial charge in [0.05, 0.1) is 15.8 Å². The van der Waals surface area contributed by atoms with Crippen LogP contribution in [0.15, 0.2) is 65.7 Å². The van der Waals surface area contributed by atoms with Gasteiger partial charge in [-0.1, -0.05) is 55.8 Å². The zero-order chi connectivity index (χ0) is 21.0. The van der Waals surface area contributed by atoms with Crippen molar-refractivity contribution < 1.29 is 9.53 Å². The average Bonchev–Trinajstić information content (AvgIpc) is 3.10. The van der Waals surface area contributed by atoms with Gasteiger partial charge in [-0.3, -0.25) is 4.79 Å². The number of thiazole rings is 1. The maximum atomic E-state index is 13.3. The van der Waals surface area contributed by atoms with E-state index in [1.54, 1.807) is 11.3 Å². The number of ketones is 1. The monoisotopic (exact) mass is 416 g/mol. The van der Waals surface area contributed by atoms with Crippen LogP contribution in [0.25, 0.3) is 15.8 Å². The van der Waals surface area contributed by atoms with Crippen molar-refractivity contribution >= 4 is 32.9 Å². The second kappa shape index (κ2) is 6.81. The molecule has 0 fully saturated rings. The van der Waals surface area contributed by atoms with Gasteiger partial charge in [-0.05, 0) is 30.0 Å². The molecule has 1 atom stereocenters. The molecule has 3 aromatic rings. The normalized spacial score (nSPS) is 21.0. The highest BCUT2D eigenvalue weighted by molar-refractivity contribution is 7.19. The maximum Gasteiger partial charge on any atom is 0.197 e. The Labute approximate surface area is 180 Å². The Kier molecular flexibility index (Phi) is 4.33. The van der Waals surface area contributed by atoms with Crippen LogP contribution < -0.4 is 5.73 Å². The quantitative estimate of drug-likeness (QED) is 0.583. The van der Waals surface area contributed by atoms with Gasteiger partial charge in [0.15, 0.2) is 11.7 Å². The van der Waals surface area contributed by atoms with E-state index in [9.17, 15) is 4.79 Å². The number of rotatable bonds is 2. The Morgan fingerprint density at radius 3 is 2.53 bits per heavy atom. The fourth-order valence-electron chi connectivity index (χ4n) is 4.47. The fraction of sp³-hybridized carbons (Fsp3) is 0.280. The van der Waals surface area contributed by atoms with Crippen molar-refractivity contribution in [2.24, 2.45) is 11.1 Å². The largest absolute Gasteiger partial charge is 0.445 e. The Balaban J connectivity index is 1.72. The van der Waals surface area contributed by atoms with Crippen molar-refractivity contribution in [2.45, 2.75) is 39.5 Å². The molecule has 1 aromatic heterocycles. The van der Waals surface area contributed by atoms with E-state index in [1.165, 1.54) is 5.56 Å². The molecule has 0 saturated carbocycles. The van der Waals surface area contributed by atoms with Crippen molar-refractivity contribution in [3.8, 4) is 0 Å². The molecule has 0 bridgehead atoms. The van der Waals surface area contributed by atoms with E-state index in [1.807, 2.05) is 18.2 Å². The third-order valence-corrected chi connectivity index (χ3v) is 6.96. The Morgan fingerprint density at radius 2 is 1.80 bits per heavy atom. The van der Waals surface area contributed by atoms with Crippen LogP contribution in [0, 0.1) is 12.3 Å². The molecule has 2 heterocycles. The number of nitrogens with zero attached hydrogens (tertiary/aromatic N) is 1. The van der Waals surface area contributed by atoms with Gasteiger partial charge in [0.2, 0.25) is 0 Å². The summed E-state index contributed by atoms with van der Waals surface area (Å²) in [6, 6.07) is 16.4. The molecule has 5 heteroatoms. The second-order valence-corrected chi connectivity index (χ2v) is 10.0. The van der Waals surface area contributed by atoms with Gasteiger partial charge in [-0.15, -0.1) is 11.3 Å². The van der Waals surface area contributed by atoms with Crippen molar-refractivity contribution in [1.82, 2.24) is 4.98 Å². The number of carbonyl (C=O) groups excluding carboxylic acids is 1. The van der Waals surface area contributed by atoms with Crippen LogP contribution in [0.3, 0.4) is 0 Å². The second-order valence-electron chi connectivity index (χ2n) is 8.99. The summed E-state index contributed by atoms with van der Waals surface area (Å²) in [5, 5.41) is 0.809. The molecule has 152 valence electrons. The summed E-state index contributed by atoms with van der Waals surface area (Å²) in [6.07, 6.45) is 1.20. The van der Waals surface area contributed by atoms with Gasteiger partial charge >= 0.3 is 0 Å². The highest BCUT2D eigenvalue weighted by Gasteiger charge is 2.43. The number of hydrogen-bond donors (Lipinski definition) is 1. The van der Waals surface area contributed by atoms with Crippen LogP contribution in [0.1, 0.15) is 48.7 Å². The van der Waals surface area contributed by atoms with Crippen LogP contribution in [-0.2, 0) is 9.53 Å². The summed E-state index contributed by atoms with van der Waals surface area (Å²) in [5.74, 6) is 0.935. The van der Waals surface area contributed by atoms with Gasteiger partial charge in [-0.25, -0.2) is 4.98 Å². The predicted molar refractivity (Wildman–Crippen MR) is 121 cm³/mol. The van der Waals surface area contributed by atoms with Crippen LogP contribution >= 0.6 is 11.3 Å². The average molecular weight is 417 g/mol. The lowest BCUT2D eigenvalue weighted by Gasteiger charge is -2.38. The summed E-state index contributed by atoms with van der Waals surface area (Å²) in [6.45, 7) is 6.26. The molecular weight excluding hydrogens is 392 g/mol. The summed E-state index contributed by atoms with van der Waals surface area (Å²) in [7, 11) is 0. The van der Waals surface area contributed by atoms with Crippen molar-refractivity contribution in [3.05, 3.63) is 81.9 Å². The molecule has 1 aliphatic carbocycles.